The monoisotopic (exact) mass is 370 g/mol. The molecule has 2 rings (SSSR count). The summed E-state index contributed by atoms with van der Waals surface area (Å²) in [6.45, 7) is 0. The van der Waals surface area contributed by atoms with Crippen LogP contribution in [0.5, 0.6) is 0 Å². The zero-order valence-corrected chi connectivity index (χ0v) is 12.7. The van der Waals surface area contributed by atoms with Crippen LogP contribution in [0.2, 0.25) is 5.02 Å². The van der Waals surface area contributed by atoms with Gasteiger partial charge in [-0.2, -0.15) is 0 Å². The Hall–Kier alpha value is -2.19. The van der Waals surface area contributed by atoms with Crippen molar-refractivity contribution >= 4 is 50.6 Å². The lowest BCUT2D eigenvalue weighted by Crippen LogP contribution is -2.15. The number of nitrogens with zero attached hydrogens (tertiary/aromatic N) is 2. The van der Waals surface area contributed by atoms with E-state index in [2.05, 4.69) is 26.2 Å². The normalized spacial score (nSPS) is 10.2. The van der Waals surface area contributed by atoms with Crippen LogP contribution in [0.15, 0.2) is 34.9 Å². The fourth-order valence-electron chi connectivity index (χ4n) is 1.54. The molecule has 0 spiro atoms. The number of nitrogens with one attached hydrogen (secondary N) is 1. The fourth-order valence-corrected chi connectivity index (χ4v) is 2.04. The van der Waals surface area contributed by atoms with Crippen molar-refractivity contribution in [2.45, 2.75) is 0 Å². The summed E-state index contributed by atoms with van der Waals surface area (Å²) >= 11 is 9.09. The summed E-state index contributed by atoms with van der Waals surface area (Å²) < 4.78 is 0.576. The van der Waals surface area contributed by atoms with Gasteiger partial charge >= 0.3 is 0 Å². The molecule has 0 aliphatic rings. The van der Waals surface area contributed by atoms with Gasteiger partial charge in [-0.1, -0.05) is 11.6 Å². The molecule has 3 N–H and O–H groups in total. The number of halogens is 2. The molecular weight excluding hydrogens is 364 g/mol. The molecule has 0 fully saturated rings. The Kier molecular flexibility index (Phi) is 4.39. The van der Waals surface area contributed by atoms with E-state index >= 15 is 0 Å². The summed E-state index contributed by atoms with van der Waals surface area (Å²) in [6, 6.07) is 5.23. The van der Waals surface area contributed by atoms with Gasteiger partial charge in [0, 0.05) is 22.8 Å². The molecule has 1 aromatic carbocycles. The van der Waals surface area contributed by atoms with E-state index in [1.54, 1.807) is 0 Å². The zero-order chi connectivity index (χ0) is 15.6. The minimum atomic E-state index is -0.582. The molecule has 1 aromatic heterocycles. The minimum absolute atomic E-state index is 0.0391. The number of amides is 1. The molecule has 1 heterocycles. The molecule has 0 bridgehead atoms. The highest BCUT2D eigenvalue weighted by Gasteiger charge is 2.15. The molecule has 1 amide bonds. The lowest BCUT2D eigenvalue weighted by molar-refractivity contribution is -0.384. The Morgan fingerprint density at radius 3 is 2.81 bits per heavy atom. The lowest BCUT2D eigenvalue weighted by Gasteiger charge is -2.08. The maximum absolute atomic E-state index is 12.1. The largest absolute Gasteiger partial charge is 0.383 e. The molecule has 108 valence electrons. The molecule has 0 radical (unpaired) electrons. The van der Waals surface area contributed by atoms with E-state index in [4.69, 9.17) is 17.3 Å². The van der Waals surface area contributed by atoms with Crippen molar-refractivity contribution < 1.29 is 9.72 Å². The third kappa shape index (κ3) is 3.47. The zero-order valence-electron chi connectivity index (χ0n) is 10.3. The first kappa shape index (κ1) is 15.2. The van der Waals surface area contributed by atoms with Gasteiger partial charge in [0.1, 0.15) is 5.82 Å². The Morgan fingerprint density at radius 1 is 1.43 bits per heavy atom. The number of nitrogen functional groups attached to an aromatic ring is 1. The number of rotatable bonds is 3. The number of hydrogen-bond donors (Lipinski definition) is 2. The van der Waals surface area contributed by atoms with Crippen LogP contribution < -0.4 is 11.1 Å². The van der Waals surface area contributed by atoms with Crippen molar-refractivity contribution in [3.8, 4) is 0 Å². The van der Waals surface area contributed by atoms with Crippen molar-refractivity contribution in [3.63, 3.8) is 0 Å². The number of carbonyl (C=O) groups is 1. The average molecular weight is 372 g/mol. The van der Waals surface area contributed by atoms with Crippen molar-refractivity contribution in [1.82, 2.24) is 4.98 Å². The lowest BCUT2D eigenvalue weighted by atomic mass is 10.2. The van der Waals surface area contributed by atoms with Gasteiger partial charge in [-0.15, -0.1) is 0 Å². The number of carbonyl (C=O) groups excluding carboxylic acids is 1. The van der Waals surface area contributed by atoms with Crippen LogP contribution in [0.4, 0.5) is 17.2 Å². The van der Waals surface area contributed by atoms with Crippen LogP contribution in [-0.4, -0.2) is 15.8 Å². The minimum Gasteiger partial charge on any atom is -0.383 e. The molecule has 0 saturated carbocycles. The highest BCUT2D eigenvalue weighted by molar-refractivity contribution is 9.10. The predicted molar refractivity (Wildman–Crippen MR) is 82.4 cm³/mol. The number of pyridine rings is 1. The average Bonchev–Trinajstić information content (AvgIpc) is 2.43. The summed E-state index contributed by atoms with van der Waals surface area (Å²) in [5.41, 5.74) is 5.69. The first-order valence-electron chi connectivity index (χ1n) is 5.55. The molecule has 7 nitrogen and oxygen atoms in total. The first-order valence-corrected chi connectivity index (χ1v) is 6.72. The van der Waals surface area contributed by atoms with Crippen LogP contribution in [-0.2, 0) is 0 Å². The Balaban J connectivity index is 2.33. The molecular formula is C12H8BrClN4O3. The highest BCUT2D eigenvalue weighted by Crippen LogP contribution is 2.27. The van der Waals surface area contributed by atoms with Crippen molar-refractivity contribution in [2.24, 2.45) is 0 Å². The third-order valence-corrected chi connectivity index (χ3v) is 3.30. The van der Waals surface area contributed by atoms with E-state index in [9.17, 15) is 14.9 Å². The Morgan fingerprint density at radius 2 is 2.14 bits per heavy atom. The van der Waals surface area contributed by atoms with Gasteiger partial charge in [-0.05, 0) is 28.1 Å². The first-order chi connectivity index (χ1) is 9.88. The van der Waals surface area contributed by atoms with Crippen LogP contribution in [0.1, 0.15) is 10.4 Å². The summed E-state index contributed by atoms with van der Waals surface area (Å²) in [6.07, 6.45) is 1.45. The van der Waals surface area contributed by atoms with Gasteiger partial charge in [0.2, 0.25) is 0 Å². The standard InChI is InChI=1S/C12H8BrClN4O3/c13-6-3-8(11(15)16-5-6)12(19)17-10-4-7(18(20)21)1-2-9(10)14/h1-5H,(H2,15,16)(H,17,19). The van der Waals surface area contributed by atoms with E-state index in [0.29, 0.717) is 4.47 Å². The number of nitro groups is 1. The third-order valence-electron chi connectivity index (χ3n) is 2.54. The molecule has 21 heavy (non-hydrogen) atoms. The van der Waals surface area contributed by atoms with E-state index in [0.717, 1.165) is 0 Å². The van der Waals surface area contributed by atoms with Gasteiger partial charge in [-0.25, -0.2) is 4.98 Å². The Labute approximate surface area is 132 Å². The number of benzene rings is 1. The smallest absolute Gasteiger partial charge is 0.271 e. The molecule has 0 unspecified atom stereocenters. The van der Waals surface area contributed by atoms with Crippen LogP contribution >= 0.6 is 27.5 Å². The van der Waals surface area contributed by atoms with Crippen molar-refractivity contribution in [1.29, 1.82) is 0 Å². The number of nitro benzene ring substituents is 1. The second-order valence-electron chi connectivity index (χ2n) is 3.96. The summed E-state index contributed by atoms with van der Waals surface area (Å²) in [5, 5.41) is 13.4. The second-order valence-corrected chi connectivity index (χ2v) is 5.28. The van der Waals surface area contributed by atoms with Crippen LogP contribution in [0.3, 0.4) is 0 Å². The molecule has 2 aromatic rings. The van der Waals surface area contributed by atoms with E-state index in [1.165, 1.54) is 30.5 Å². The van der Waals surface area contributed by atoms with Gasteiger partial charge in [0.25, 0.3) is 11.6 Å². The molecule has 0 saturated heterocycles. The molecule has 9 heteroatoms. The quantitative estimate of drug-likeness (QED) is 0.635. The summed E-state index contributed by atoms with van der Waals surface area (Å²) in [4.78, 5) is 26.1. The van der Waals surface area contributed by atoms with Gasteiger partial charge in [-0.3, -0.25) is 14.9 Å². The number of non-ortho nitro benzene ring substituents is 1. The number of nitrogens with two attached hydrogens (primary N) is 1. The van der Waals surface area contributed by atoms with Crippen molar-refractivity contribution in [3.05, 3.63) is 55.6 Å². The predicted octanol–water partition coefficient (Wildman–Crippen LogP) is 3.24. The number of anilines is 2. The van der Waals surface area contributed by atoms with E-state index in [-0.39, 0.29) is 27.8 Å². The molecule has 0 atom stereocenters. The molecule has 0 aliphatic carbocycles. The van der Waals surface area contributed by atoms with Crippen molar-refractivity contribution in [2.75, 3.05) is 11.1 Å². The Bertz CT molecular complexity index is 738. The van der Waals surface area contributed by atoms with Gasteiger partial charge in [0.05, 0.1) is 21.2 Å². The van der Waals surface area contributed by atoms with Gasteiger partial charge in [0.15, 0.2) is 0 Å². The summed E-state index contributed by atoms with van der Waals surface area (Å²) in [5.74, 6) is -0.527. The maximum atomic E-state index is 12.1. The number of aromatic nitrogens is 1. The summed E-state index contributed by atoms with van der Waals surface area (Å²) in [7, 11) is 0. The fraction of sp³-hybridized carbons (Fsp3) is 0. The van der Waals surface area contributed by atoms with E-state index in [1.807, 2.05) is 0 Å². The molecule has 0 aliphatic heterocycles. The van der Waals surface area contributed by atoms with Crippen LogP contribution in [0, 0.1) is 10.1 Å². The SMILES string of the molecule is Nc1ncc(Br)cc1C(=O)Nc1cc([N+](=O)[O-])ccc1Cl. The van der Waals surface area contributed by atoms with E-state index < -0.39 is 10.8 Å². The topological polar surface area (TPSA) is 111 Å². The maximum Gasteiger partial charge on any atom is 0.271 e. The highest BCUT2D eigenvalue weighted by atomic mass is 79.9. The van der Waals surface area contributed by atoms with Crippen LogP contribution in [0.25, 0.3) is 0 Å². The number of hydrogen-bond acceptors (Lipinski definition) is 5. The van der Waals surface area contributed by atoms with Gasteiger partial charge < -0.3 is 11.1 Å². The second kappa shape index (κ2) is 6.06.